The minimum Gasteiger partial charge on any atom is -0.464 e. The van der Waals surface area contributed by atoms with Crippen molar-refractivity contribution in [1.82, 2.24) is 45.0 Å². The molecular formula is C52H65F4N9O7S. The third kappa shape index (κ3) is 11.6. The quantitative estimate of drug-likeness (QED) is 0.0936. The number of alkyl halides is 4. The number of aromatic nitrogens is 3. The molecule has 73 heavy (non-hydrogen) atoms. The van der Waals surface area contributed by atoms with E-state index in [2.05, 4.69) is 15.7 Å². The minimum absolute atomic E-state index is 0.0137. The summed E-state index contributed by atoms with van der Waals surface area (Å²) < 4.78 is 69.9. The number of hydrogen-bond donors (Lipinski definition) is 2. The number of ether oxygens (including phenoxy) is 2. The number of benzene rings is 1. The summed E-state index contributed by atoms with van der Waals surface area (Å²) in [5.74, 6) is -2.44. The smallest absolute Gasteiger partial charge is 0.406 e. The number of fused-ring (bicyclic) bond motifs is 7. The van der Waals surface area contributed by atoms with Crippen LogP contribution in [0.15, 0.2) is 54.1 Å². The van der Waals surface area contributed by atoms with E-state index in [9.17, 15) is 41.5 Å². The summed E-state index contributed by atoms with van der Waals surface area (Å²) in [7, 11) is 3.05. The number of urea groups is 1. The van der Waals surface area contributed by atoms with Gasteiger partial charge in [0.15, 0.2) is 0 Å². The Morgan fingerprint density at radius 3 is 2.59 bits per heavy atom. The highest BCUT2D eigenvalue weighted by Gasteiger charge is 2.45. The predicted octanol–water partition coefficient (Wildman–Crippen LogP) is 7.27. The van der Waals surface area contributed by atoms with E-state index < -0.39 is 78.8 Å². The summed E-state index contributed by atoms with van der Waals surface area (Å²) >= 11 is 1.25. The molecule has 21 heteroatoms. The van der Waals surface area contributed by atoms with Crippen LogP contribution in [0.2, 0.25) is 0 Å². The Hall–Kier alpha value is -5.93. The fraction of sp³-hybridized carbons (Fsp3) is 0.558. The van der Waals surface area contributed by atoms with Gasteiger partial charge in [-0.1, -0.05) is 33.8 Å². The van der Waals surface area contributed by atoms with Crippen molar-refractivity contribution in [1.29, 1.82) is 0 Å². The summed E-state index contributed by atoms with van der Waals surface area (Å²) in [6.07, 6.45) is 1.24. The molecule has 6 atom stereocenters. The third-order valence-electron chi connectivity index (χ3n) is 14.5. The summed E-state index contributed by atoms with van der Waals surface area (Å²) in [5.41, 5.74) is 5.51. The topological polar surface area (TPSA) is 172 Å². The van der Waals surface area contributed by atoms with Gasteiger partial charge in [0.25, 0.3) is 5.91 Å². The first-order valence-electron chi connectivity index (χ1n) is 24.9. The lowest BCUT2D eigenvalue weighted by molar-refractivity contribution is -0.155. The number of nitrogens with one attached hydrogen (secondary N) is 2. The molecule has 4 aromatic rings. The zero-order valence-electron chi connectivity index (χ0n) is 42.3. The molecule has 0 spiro atoms. The molecule has 0 aliphatic carbocycles. The molecule has 4 aliphatic rings. The van der Waals surface area contributed by atoms with Crippen LogP contribution in [0.4, 0.5) is 22.4 Å². The molecule has 394 valence electrons. The van der Waals surface area contributed by atoms with Crippen molar-refractivity contribution in [2.75, 3.05) is 53.6 Å². The van der Waals surface area contributed by atoms with E-state index in [4.69, 9.17) is 14.5 Å². The zero-order valence-corrected chi connectivity index (χ0v) is 43.2. The molecule has 1 aromatic carbocycles. The van der Waals surface area contributed by atoms with Crippen molar-refractivity contribution in [3.8, 4) is 22.5 Å². The van der Waals surface area contributed by atoms with Crippen LogP contribution in [0.3, 0.4) is 0 Å². The molecule has 3 aromatic heterocycles. The number of hydrazine groups is 1. The first kappa shape index (κ1) is 53.4. The van der Waals surface area contributed by atoms with Crippen LogP contribution in [-0.2, 0) is 48.0 Å². The normalized spacial score (nSPS) is 22.5. The number of halogens is 4. The molecule has 4 aliphatic heterocycles. The molecule has 16 nitrogen and oxygen atoms in total. The Bertz CT molecular complexity index is 2740. The second kappa shape index (κ2) is 21.9. The highest BCUT2D eigenvalue weighted by atomic mass is 32.1. The third-order valence-corrected chi connectivity index (χ3v) is 15.4. The lowest BCUT2D eigenvalue weighted by Crippen LogP contribution is -2.62. The number of hydrogen-bond acceptors (Lipinski definition) is 11. The summed E-state index contributed by atoms with van der Waals surface area (Å²) in [5, 5.41) is 7.10. The van der Waals surface area contributed by atoms with Crippen LogP contribution in [0, 0.1) is 17.3 Å². The van der Waals surface area contributed by atoms with Gasteiger partial charge in [0, 0.05) is 91.9 Å². The van der Waals surface area contributed by atoms with Gasteiger partial charge in [-0.3, -0.25) is 29.2 Å². The summed E-state index contributed by atoms with van der Waals surface area (Å²) in [6.45, 7) is 8.31. The van der Waals surface area contributed by atoms with Crippen molar-refractivity contribution in [3.05, 3.63) is 70.3 Å². The number of rotatable bonds is 10. The van der Waals surface area contributed by atoms with E-state index in [0.29, 0.717) is 75.6 Å². The fourth-order valence-corrected chi connectivity index (χ4v) is 11.8. The average Bonchev–Trinajstić information content (AvgIpc) is 4.09. The maximum absolute atomic E-state index is 14.7. The van der Waals surface area contributed by atoms with E-state index in [-0.39, 0.29) is 50.4 Å². The van der Waals surface area contributed by atoms with Gasteiger partial charge < -0.3 is 34.1 Å². The number of esters is 1. The second-order valence-corrected chi connectivity index (χ2v) is 21.7. The molecule has 3 fully saturated rings. The van der Waals surface area contributed by atoms with Crippen LogP contribution in [0.25, 0.3) is 33.4 Å². The number of thiazole rings is 1. The van der Waals surface area contributed by atoms with Crippen molar-refractivity contribution in [2.45, 2.75) is 116 Å². The van der Waals surface area contributed by atoms with E-state index >= 15 is 0 Å². The number of amides is 5. The Balaban J connectivity index is 1.14. The minimum atomic E-state index is -4.61. The largest absolute Gasteiger partial charge is 0.464 e. The first-order chi connectivity index (χ1) is 34.7. The van der Waals surface area contributed by atoms with Crippen molar-refractivity contribution in [2.24, 2.45) is 17.3 Å². The van der Waals surface area contributed by atoms with Gasteiger partial charge in [-0.2, -0.15) is 13.2 Å². The Kier molecular flexibility index (Phi) is 16.0. The monoisotopic (exact) mass is 1040 g/mol. The van der Waals surface area contributed by atoms with Crippen LogP contribution in [-0.4, -0.2) is 148 Å². The Morgan fingerprint density at radius 2 is 1.86 bits per heavy atom. The van der Waals surface area contributed by atoms with Crippen molar-refractivity contribution < 1.29 is 51.0 Å². The molecule has 7 heterocycles. The van der Waals surface area contributed by atoms with Crippen LogP contribution in [0.1, 0.15) is 82.7 Å². The molecule has 0 saturated carbocycles. The number of likely N-dealkylation sites (tertiary alicyclic amines) is 2. The number of carbonyl (C=O) groups excluding carboxylic acids is 5. The number of carbonyl (C=O) groups is 5. The molecule has 1 unspecified atom stereocenters. The molecule has 5 amide bonds. The molecule has 6 bridgehead atoms. The first-order valence-corrected chi connectivity index (χ1v) is 25.8. The fourth-order valence-electron chi connectivity index (χ4n) is 11.0. The van der Waals surface area contributed by atoms with Crippen LogP contribution in [0.5, 0.6) is 0 Å². The number of cyclic esters (lactones) is 1. The highest BCUT2D eigenvalue weighted by Crippen LogP contribution is 2.43. The predicted molar refractivity (Wildman–Crippen MR) is 266 cm³/mol. The van der Waals surface area contributed by atoms with Crippen molar-refractivity contribution >= 4 is 52.0 Å². The number of nitrogens with zero attached hydrogens (tertiary/aromatic N) is 7. The maximum Gasteiger partial charge on any atom is 0.406 e. The number of methoxy groups -OCH3 is 1. The average molecular weight is 1040 g/mol. The second-order valence-electron chi connectivity index (χ2n) is 20.8. The van der Waals surface area contributed by atoms with Gasteiger partial charge in [0.05, 0.1) is 40.8 Å². The van der Waals surface area contributed by atoms with Gasteiger partial charge in [-0.25, -0.2) is 19.6 Å². The maximum atomic E-state index is 14.7. The van der Waals surface area contributed by atoms with E-state index in [1.54, 1.807) is 73.5 Å². The molecule has 0 radical (unpaired) electrons. The van der Waals surface area contributed by atoms with E-state index in [1.807, 2.05) is 19.9 Å². The van der Waals surface area contributed by atoms with Crippen LogP contribution >= 0.6 is 11.3 Å². The molecule has 3 saturated heterocycles. The molecule has 8 rings (SSSR count). The van der Waals surface area contributed by atoms with Gasteiger partial charge in [-0.15, -0.1) is 11.3 Å². The van der Waals surface area contributed by atoms with Gasteiger partial charge in [0.1, 0.15) is 31.3 Å². The van der Waals surface area contributed by atoms with Gasteiger partial charge in [0.2, 0.25) is 11.8 Å². The lowest BCUT2D eigenvalue weighted by atomic mass is 9.84. The number of pyridine rings is 1. The van der Waals surface area contributed by atoms with E-state index in [1.165, 1.54) is 45.1 Å². The molecular weight excluding hydrogens is 971 g/mol. The highest BCUT2D eigenvalue weighted by molar-refractivity contribution is 7.10. The van der Waals surface area contributed by atoms with Gasteiger partial charge in [-0.05, 0) is 86.8 Å². The Morgan fingerprint density at radius 1 is 1.10 bits per heavy atom. The number of likely N-dealkylation sites (N-methyl/N-ethyl adjacent to an activating group) is 1. The standard InChI is InChI=1S/C52H65F4N9O7S/c1-30(2)45(61(6)50(70)62-25-33-12-10-20-63(41(33)26-62)43(66)15-8-18-53)47(67)59-38-23-42-58-39(27-73-42)32-16-17-40-35(22-32)36(24-51(4,5)29-72-49(69)37-14-11-21-65(60-37)48(38)68)46(64(40)28-52(54,55)56)34-13-9-19-57-44(34)31(3)71-7/h8-9,13,15-17,19,22,27,30-31,33,37-38,41,45,60H,10-12,14,18,20-21,23-26,28-29H2,1-7H3,(H,59,67)/b15-8+/t31-,33-,37-,38-,41+,45?/m0/s1. The lowest BCUT2D eigenvalue weighted by Gasteiger charge is -2.37. The van der Waals surface area contributed by atoms with E-state index in [0.717, 1.165) is 12.8 Å². The Labute approximate surface area is 426 Å². The summed E-state index contributed by atoms with van der Waals surface area (Å²) in [6, 6.07) is 4.74. The van der Waals surface area contributed by atoms with Crippen molar-refractivity contribution in [3.63, 3.8) is 0 Å². The SMILES string of the molecule is CO[C@@H](C)c1ncccc1-c1c2c3cc(ccc3n1CC(F)(F)F)-c1csc(n1)C[C@H](NC(=O)C(C(C)C)N(C)C(=O)N1C[C@@H]3CCCN(C(=O)/C=C/CF)[C@@H]3C1)C(=O)N1CCC[C@H](N1)C(=O)OCC(C)(C)C2. The zero-order chi connectivity index (χ0) is 52.5. The van der Waals surface area contributed by atoms with Crippen LogP contribution < -0.4 is 10.7 Å². The number of allylic oxidation sites excluding steroid dienone is 1. The number of piperidine rings is 1. The van der Waals surface area contributed by atoms with Gasteiger partial charge >= 0.3 is 18.2 Å². The molecule has 2 N–H and O–H groups in total. The summed E-state index contributed by atoms with van der Waals surface area (Å²) in [4.78, 5) is 84.8.